The summed E-state index contributed by atoms with van der Waals surface area (Å²) in [4.78, 5) is 11.2. The number of hydrogen-bond donors (Lipinski definition) is 1. The molecule has 0 bridgehead atoms. The van der Waals surface area contributed by atoms with E-state index in [2.05, 4.69) is 0 Å². The fourth-order valence-electron chi connectivity index (χ4n) is 2.36. The van der Waals surface area contributed by atoms with E-state index < -0.39 is 5.91 Å². The van der Waals surface area contributed by atoms with Crippen LogP contribution in [0.15, 0.2) is 48.7 Å². The summed E-state index contributed by atoms with van der Waals surface area (Å²) in [6, 6.07) is 11.6. The molecule has 0 saturated carbocycles. The molecule has 5 heteroatoms. The molecule has 3 nitrogen and oxygen atoms in total. The third-order valence-electron chi connectivity index (χ3n) is 3.43. The minimum Gasteiger partial charge on any atom is -0.366 e. The smallest absolute Gasteiger partial charge is 0.248 e. The van der Waals surface area contributed by atoms with E-state index in [0.29, 0.717) is 22.7 Å². The topological polar surface area (TPSA) is 48.0 Å². The second-order valence-electron chi connectivity index (χ2n) is 4.79. The Labute approximate surface area is 125 Å². The molecule has 0 saturated heterocycles. The van der Waals surface area contributed by atoms with E-state index in [1.165, 1.54) is 18.2 Å². The Hall–Kier alpha value is -2.33. The molecule has 1 aromatic heterocycles. The van der Waals surface area contributed by atoms with Gasteiger partial charge in [-0.25, -0.2) is 4.39 Å². The van der Waals surface area contributed by atoms with Crippen LogP contribution in [0.25, 0.3) is 10.9 Å². The lowest BCUT2D eigenvalue weighted by Crippen LogP contribution is -2.12. The number of halogens is 2. The summed E-state index contributed by atoms with van der Waals surface area (Å²) in [5.41, 5.74) is 6.84. The standard InChI is InChI=1S/C16H12ClFN2O/c17-13-2-1-3-15-12(13)6-7-20(15)9-11-8-10(16(19)21)4-5-14(11)18/h1-8H,9H2,(H2,19,21). The van der Waals surface area contributed by atoms with Gasteiger partial charge in [0, 0.05) is 33.2 Å². The lowest BCUT2D eigenvalue weighted by Gasteiger charge is -2.08. The minimum atomic E-state index is -0.573. The first-order chi connectivity index (χ1) is 10.1. The largest absolute Gasteiger partial charge is 0.366 e. The fourth-order valence-corrected chi connectivity index (χ4v) is 2.59. The summed E-state index contributed by atoms with van der Waals surface area (Å²) in [7, 11) is 0. The number of rotatable bonds is 3. The van der Waals surface area contributed by atoms with Crippen LogP contribution in [-0.4, -0.2) is 10.5 Å². The summed E-state index contributed by atoms with van der Waals surface area (Å²) < 4.78 is 15.8. The lowest BCUT2D eigenvalue weighted by atomic mass is 10.1. The van der Waals surface area contributed by atoms with Gasteiger partial charge in [-0.15, -0.1) is 0 Å². The van der Waals surface area contributed by atoms with Crippen LogP contribution in [0.4, 0.5) is 4.39 Å². The van der Waals surface area contributed by atoms with Crippen LogP contribution >= 0.6 is 11.6 Å². The highest BCUT2D eigenvalue weighted by atomic mass is 35.5. The maximum absolute atomic E-state index is 13.9. The van der Waals surface area contributed by atoms with Gasteiger partial charge >= 0.3 is 0 Å². The van der Waals surface area contributed by atoms with Gasteiger partial charge in [-0.1, -0.05) is 17.7 Å². The Morgan fingerprint density at radius 1 is 1.24 bits per heavy atom. The highest BCUT2D eigenvalue weighted by Crippen LogP contribution is 2.25. The van der Waals surface area contributed by atoms with Crippen molar-refractivity contribution in [1.82, 2.24) is 4.57 Å². The molecule has 1 heterocycles. The predicted octanol–water partition coefficient (Wildman–Crippen LogP) is 3.58. The highest BCUT2D eigenvalue weighted by Gasteiger charge is 2.10. The number of carbonyl (C=O) groups is 1. The number of benzene rings is 2. The van der Waals surface area contributed by atoms with E-state index in [1.807, 2.05) is 35.0 Å². The normalized spacial score (nSPS) is 11.0. The zero-order chi connectivity index (χ0) is 15.0. The molecule has 0 aliphatic heterocycles. The van der Waals surface area contributed by atoms with Gasteiger partial charge in [-0.2, -0.15) is 0 Å². The Balaban J connectivity index is 2.04. The number of nitrogens with zero attached hydrogens (tertiary/aromatic N) is 1. The molecular weight excluding hydrogens is 291 g/mol. The van der Waals surface area contributed by atoms with Crippen molar-refractivity contribution in [3.63, 3.8) is 0 Å². The van der Waals surface area contributed by atoms with Crippen molar-refractivity contribution in [3.05, 3.63) is 70.6 Å². The summed E-state index contributed by atoms with van der Waals surface area (Å²) in [5.74, 6) is -0.944. The number of fused-ring (bicyclic) bond motifs is 1. The van der Waals surface area contributed by atoms with Crippen LogP contribution in [0.3, 0.4) is 0 Å². The summed E-state index contributed by atoms with van der Waals surface area (Å²) in [5, 5.41) is 1.56. The zero-order valence-electron chi connectivity index (χ0n) is 11.0. The van der Waals surface area contributed by atoms with Crippen LogP contribution in [0.5, 0.6) is 0 Å². The van der Waals surface area contributed by atoms with Crippen LogP contribution in [0.2, 0.25) is 5.02 Å². The van der Waals surface area contributed by atoms with E-state index in [9.17, 15) is 9.18 Å². The van der Waals surface area contributed by atoms with Gasteiger partial charge in [-0.05, 0) is 36.4 Å². The number of nitrogens with two attached hydrogens (primary N) is 1. The van der Waals surface area contributed by atoms with Crippen molar-refractivity contribution in [2.75, 3.05) is 0 Å². The first kappa shape index (κ1) is 13.6. The van der Waals surface area contributed by atoms with Gasteiger partial charge in [0.1, 0.15) is 5.82 Å². The molecule has 0 spiro atoms. The molecule has 3 aromatic rings. The maximum Gasteiger partial charge on any atom is 0.248 e. The first-order valence-corrected chi connectivity index (χ1v) is 6.75. The second-order valence-corrected chi connectivity index (χ2v) is 5.19. The number of amides is 1. The average Bonchev–Trinajstić information content (AvgIpc) is 2.86. The Morgan fingerprint density at radius 3 is 2.81 bits per heavy atom. The molecule has 21 heavy (non-hydrogen) atoms. The van der Waals surface area contributed by atoms with Crippen molar-refractivity contribution in [2.24, 2.45) is 5.73 Å². The van der Waals surface area contributed by atoms with Gasteiger partial charge in [0.05, 0.1) is 6.54 Å². The molecule has 1 amide bonds. The molecule has 0 aliphatic carbocycles. The van der Waals surface area contributed by atoms with Crippen LogP contribution in [-0.2, 0) is 6.54 Å². The first-order valence-electron chi connectivity index (χ1n) is 6.38. The number of carbonyl (C=O) groups excluding carboxylic acids is 1. The van der Waals surface area contributed by atoms with Gasteiger partial charge < -0.3 is 10.3 Å². The van der Waals surface area contributed by atoms with E-state index in [0.717, 1.165) is 10.9 Å². The van der Waals surface area contributed by atoms with E-state index in [1.54, 1.807) is 0 Å². The van der Waals surface area contributed by atoms with Crippen molar-refractivity contribution < 1.29 is 9.18 Å². The molecule has 106 valence electrons. The van der Waals surface area contributed by atoms with E-state index in [-0.39, 0.29) is 5.82 Å². The Kier molecular flexibility index (Phi) is 3.39. The number of hydrogen-bond acceptors (Lipinski definition) is 1. The number of primary amides is 1. The van der Waals surface area contributed by atoms with Gasteiger partial charge in [0.15, 0.2) is 0 Å². The molecule has 3 rings (SSSR count). The third-order valence-corrected chi connectivity index (χ3v) is 3.76. The van der Waals surface area contributed by atoms with Crippen LogP contribution < -0.4 is 5.73 Å². The molecule has 0 atom stereocenters. The zero-order valence-corrected chi connectivity index (χ0v) is 11.8. The molecule has 0 aliphatic rings. The summed E-state index contributed by atoms with van der Waals surface area (Å²) in [6.45, 7) is 0.302. The molecule has 0 radical (unpaired) electrons. The monoisotopic (exact) mass is 302 g/mol. The predicted molar refractivity (Wildman–Crippen MR) is 81.0 cm³/mol. The number of aromatic nitrogens is 1. The Bertz CT molecular complexity index is 841. The van der Waals surface area contributed by atoms with Crippen molar-refractivity contribution in [3.8, 4) is 0 Å². The second kappa shape index (κ2) is 5.22. The summed E-state index contributed by atoms with van der Waals surface area (Å²) >= 11 is 6.12. The molecule has 2 N–H and O–H groups in total. The summed E-state index contributed by atoms with van der Waals surface area (Å²) in [6.07, 6.45) is 1.84. The molecular formula is C16H12ClFN2O. The van der Waals surface area contributed by atoms with Gasteiger partial charge in [-0.3, -0.25) is 4.79 Å². The molecule has 0 unspecified atom stereocenters. The lowest BCUT2D eigenvalue weighted by molar-refractivity contribution is 0.1000. The van der Waals surface area contributed by atoms with Crippen LogP contribution in [0, 0.1) is 5.82 Å². The quantitative estimate of drug-likeness (QED) is 0.790. The third kappa shape index (κ3) is 2.50. The van der Waals surface area contributed by atoms with E-state index in [4.69, 9.17) is 17.3 Å². The highest BCUT2D eigenvalue weighted by molar-refractivity contribution is 6.35. The molecule has 2 aromatic carbocycles. The fraction of sp³-hybridized carbons (Fsp3) is 0.0625. The SMILES string of the molecule is NC(=O)c1ccc(F)c(Cn2ccc3c(Cl)cccc32)c1. The van der Waals surface area contributed by atoms with Crippen LogP contribution in [0.1, 0.15) is 15.9 Å². The van der Waals surface area contributed by atoms with E-state index >= 15 is 0 Å². The average molecular weight is 303 g/mol. The maximum atomic E-state index is 13.9. The van der Waals surface area contributed by atoms with Crippen molar-refractivity contribution in [2.45, 2.75) is 6.54 Å². The van der Waals surface area contributed by atoms with Crippen molar-refractivity contribution >= 4 is 28.4 Å². The molecule has 0 fully saturated rings. The van der Waals surface area contributed by atoms with Gasteiger partial charge in [0.25, 0.3) is 0 Å². The van der Waals surface area contributed by atoms with Crippen molar-refractivity contribution in [1.29, 1.82) is 0 Å². The Morgan fingerprint density at radius 2 is 2.05 bits per heavy atom. The minimum absolute atomic E-state index is 0.292. The van der Waals surface area contributed by atoms with Gasteiger partial charge in [0.2, 0.25) is 5.91 Å².